The van der Waals surface area contributed by atoms with E-state index in [2.05, 4.69) is 5.32 Å². The molecule has 0 aromatic heterocycles. The Morgan fingerprint density at radius 1 is 0.677 bits per heavy atom. The van der Waals surface area contributed by atoms with E-state index in [-0.39, 0.29) is 12.8 Å². The van der Waals surface area contributed by atoms with Gasteiger partial charge in [-0.05, 0) is 16.7 Å². The molecule has 0 aliphatic rings. The largest absolute Gasteiger partial charge is 0.469 e. The van der Waals surface area contributed by atoms with E-state index in [0.29, 0.717) is 0 Å². The molecule has 31 heavy (non-hydrogen) atoms. The van der Waals surface area contributed by atoms with Gasteiger partial charge in [0.05, 0.1) is 32.6 Å². The minimum Gasteiger partial charge on any atom is -0.469 e. The molecule has 0 spiro atoms. The minimum atomic E-state index is -0.795. The molecule has 0 atom stereocenters. The first-order chi connectivity index (χ1) is 15.1. The molecule has 0 saturated carbocycles. The molecule has 5 nitrogen and oxygen atoms in total. The number of rotatable bonds is 9. The van der Waals surface area contributed by atoms with Gasteiger partial charge in [0, 0.05) is 6.04 Å². The number of carbonyl (C=O) groups excluding carboxylic acids is 2. The number of esters is 2. The van der Waals surface area contributed by atoms with Crippen molar-refractivity contribution in [3.05, 3.63) is 108 Å². The molecule has 0 unspecified atom stereocenters. The maximum atomic E-state index is 12.2. The summed E-state index contributed by atoms with van der Waals surface area (Å²) in [6.07, 6.45) is 0.0553. The minimum absolute atomic E-state index is 0.0276. The molecule has 3 rings (SSSR count). The van der Waals surface area contributed by atoms with Gasteiger partial charge >= 0.3 is 11.9 Å². The van der Waals surface area contributed by atoms with Gasteiger partial charge in [-0.1, -0.05) is 91.0 Å². The Bertz CT molecular complexity index is 859. The number of benzene rings is 3. The number of methoxy groups -OCH3 is 2. The highest BCUT2D eigenvalue weighted by molar-refractivity contribution is 5.74. The fraction of sp³-hybridized carbons (Fsp3) is 0.231. The van der Waals surface area contributed by atoms with E-state index in [9.17, 15) is 9.59 Å². The number of ether oxygens (including phenoxy) is 2. The molecule has 1 N–H and O–H groups in total. The van der Waals surface area contributed by atoms with Crippen molar-refractivity contribution in [1.82, 2.24) is 5.32 Å². The average Bonchev–Trinajstić information content (AvgIpc) is 2.83. The predicted molar refractivity (Wildman–Crippen MR) is 119 cm³/mol. The van der Waals surface area contributed by atoms with Crippen LogP contribution < -0.4 is 5.32 Å². The van der Waals surface area contributed by atoms with Crippen LogP contribution in [0.5, 0.6) is 0 Å². The first-order valence-electron chi connectivity index (χ1n) is 10.2. The van der Waals surface area contributed by atoms with E-state index >= 15 is 0 Å². The van der Waals surface area contributed by atoms with Gasteiger partial charge in [-0.25, -0.2) is 0 Å². The van der Waals surface area contributed by atoms with Crippen LogP contribution in [0.4, 0.5) is 0 Å². The van der Waals surface area contributed by atoms with Gasteiger partial charge < -0.3 is 9.47 Å². The van der Waals surface area contributed by atoms with Crippen molar-refractivity contribution in [2.24, 2.45) is 0 Å². The second-order valence-electron chi connectivity index (χ2n) is 7.25. The molecule has 0 amide bonds. The summed E-state index contributed by atoms with van der Waals surface area (Å²) in [5, 5.41) is 3.65. The highest BCUT2D eigenvalue weighted by Crippen LogP contribution is 2.37. The van der Waals surface area contributed by atoms with E-state index < -0.39 is 23.5 Å². The van der Waals surface area contributed by atoms with E-state index in [0.717, 1.165) is 16.7 Å². The van der Waals surface area contributed by atoms with Crippen LogP contribution in [0.15, 0.2) is 91.0 Å². The van der Waals surface area contributed by atoms with Crippen LogP contribution in [-0.4, -0.2) is 32.2 Å². The molecule has 0 bridgehead atoms. The van der Waals surface area contributed by atoms with Gasteiger partial charge in [0.15, 0.2) is 0 Å². The van der Waals surface area contributed by atoms with Crippen molar-refractivity contribution in [2.45, 2.75) is 24.4 Å². The van der Waals surface area contributed by atoms with Crippen LogP contribution in [0.3, 0.4) is 0 Å². The number of nitrogens with one attached hydrogen (secondary N) is 1. The Morgan fingerprint density at radius 3 is 1.29 bits per heavy atom. The molecule has 0 radical (unpaired) electrons. The SMILES string of the molecule is COC(=O)CC(CC(=O)OC)NC(c1ccccc1)(c1ccccc1)c1ccccc1. The average molecular weight is 418 g/mol. The number of hydrogen-bond donors (Lipinski definition) is 1. The summed E-state index contributed by atoms with van der Waals surface area (Å²) in [5.41, 5.74) is 2.18. The number of hydrogen-bond acceptors (Lipinski definition) is 5. The topological polar surface area (TPSA) is 64.6 Å². The lowest BCUT2D eigenvalue weighted by atomic mass is 9.76. The fourth-order valence-corrected chi connectivity index (χ4v) is 3.86. The van der Waals surface area contributed by atoms with Crippen LogP contribution in [0, 0.1) is 0 Å². The maximum absolute atomic E-state index is 12.2. The molecule has 0 heterocycles. The Balaban J connectivity index is 2.20. The summed E-state index contributed by atoms with van der Waals surface area (Å²) in [6, 6.07) is 29.5. The summed E-state index contributed by atoms with van der Waals surface area (Å²) in [5.74, 6) is -0.797. The van der Waals surface area contributed by atoms with Crippen LogP contribution in [0.2, 0.25) is 0 Å². The fourth-order valence-electron chi connectivity index (χ4n) is 3.86. The third kappa shape index (κ3) is 5.19. The first kappa shape index (κ1) is 22.2. The third-order valence-corrected chi connectivity index (χ3v) is 5.32. The summed E-state index contributed by atoms with van der Waals surface area (Å²) < 4.78 is 9.79. The molecule has 5 heteroatoms. The Morgan fingerprint density at radius 2 is 1.00 bits per heavy atom. The lowest BCUT2D eigenvalue weighted by Crippen LogP contribution is -2.51. The van der Waals surface area contributed by atoms with Crippen molar-refractivity contribution < 1.29 is 19.1 Å². The Hall–Kier alpha value is -3.44. The molecule has 3 aromatic rings. The van der Waals surface area contributed by atoms with Gasteiger partial charge in [0.25, 0.3) is 0 Å². The summed E-state index contributed by atoms with van der Waals surface area (Å²) in [4.78, 5) is 24.3. The maximum Gasteiger partial charge on any atom is 0.307 e. The lowest BCUT2D eigenvalue weighted by molar-refractivity contribution is -0.143. The molecule has 3 aromatic carbocycles. The zero-order valence-electron chi connectivity index (χ0n) is 17.8. The van der Waals surface area contributed by atoms with Crippen molar-refractivity contribution in [3.8, 4) is 0 Å². The summed E-state index contributed by atoms with van der Waals surface area (Å²) in [6.45, 7) is 0. The van der Waals surface area contributed by atoms with Crippen molar-refractivity contribution in [3.63, 3.8) is 0 Å². The summed E-state index contributed by atoms with van der Waals surface area (Å²) >= 11 is 0. The Labute approximate surface area is 183 Å². The monoisotopic (exact) mass is 417 g/mol. The van der Waals surface area contributed by atoms with E-state index in [4.69, 9.17) is 9.47 Å². The zero-order chi connectivity index (χ0) is 22.1. The lowest BCUT2D eigenvalue weighted by Gasteiger charge is -2.40. The first-order valence-corrected chi connectivity index (χ1v) is 10.2. The van der Waals surface area contributed by atoms with E-state index in [1.54, 1.807) is 0 Å². The zero-order valence-corrected chi connectivity index (χ0v) is 17.8. The standard InChI is InChI=1S/C26H27NO4/c1-30-24(28)18-23(19-25(29)31-2)27-26(20-12-6-3-7-13-20,21-14-8-4-9-15-21)22-16-10-5-11-17-22/h3-17,23,27H,18-19H2,1-2H3. The smallest absolute Gasteiger partial charge is 0.307 e. The van der Waals surface area contributed by atoms with Crippen molar-refractivity contribution in [2.75, 3.05) is 14.2 Å². The highest BCUT2D eigenvalue weighted by Gasteiger charge is 2.39. The normalized spacial score (nSPS) is 11.2. The third-order valence-electron chi connectivity index (χ3n) is 5.32. The van der Waals surface area contributed by atoms with Crippen LogP contribution in [-0.2, 0) is 24.6 Å². The van der Waals surface area contributed by atoms with E-state index in [1.165, 1.54) is 14.2 Å². The van der Waals surface area contributed by atoms with Gasteiger partial charge in [-0.3, -0.25) is 14.9 Å². The molecule has 0 aliphatic carbocycles. The Kier molecular flexibility index (Phi) is 7.57. The van der Waals surface area contributed by atoms with Crippen LogP contribution in [0.1, 0.15) is 29.5 Å². The quantitative estimate of drug-likeness (QED) is 0.420. The van der Waals surface area contributed by atoms with Gasteiger partial charge in [0.2, 0.25) is 0 Å². The second kappa shape index (κ2) is 10.5. The van der Waals surface area contributed by atoms with Crippen LogP contribution >= 0.6 is 0 Å². The highest BCUT2D eigenvalue weighted by atomic mass is 16.5. The number of carbonyl (C=O) groups is 2. The van der Waals surface area contributed by atoms with Gasteiger partial charge in [-0.15, -0.1) is 0 Å². The van der Waals surface area contributed by atoms with Gasteiger partial charge in [-0.2, -0.15) is 0 Å². The molecule has 160 valence electrons. The van der Waals surface area contributed by atoms with Crippen LogP contribution in [0.25, 0.3) is 0 Å². The van der Waals surface area contributed by atoms with Gasteiger partial charge in [0.1, 0.15) is 0 Å². The summed E-state index contributed by atoms with van der Waals surface area (Å²) in [7, 11) is 2.69. The molecular weight excluding hydrogens is 390 g/mol. The van der Waals surface area contributed by atoms with Crippen molar-refractivity contribution in [1.29, 1.82) is 0 Å². The van der Waals surface area contributed by atoms with Crippen molar-refractivity contribution >= 4 is 11.9 Å². The molecule has 0 fully saturated rings. The molecule has 0 aliphatic heterocycles. The molecular formula is C26H27NO4. The second-order valence-corrected chi connectivity index (χ2v) is 7.25. The molecule has 0 saturated heterocycles. The van der Waals surface area contributed by atoms with E-state index in [1.807, 2.05) is 91.0 Å². The predicted octanol–water partition coefficient (Wildman–Crippen LogP) is 4.06.